The summed E-state index contributed by atoms with van der Waals surface area (Å²) in [6.45, 7) is 1.51. The predicted octanol–water partition coefficient (Wildman–Crippen LogP) is 3.84. The first-order valence-corrected chi connectivity index (χ1v) is 6.70. The monoisotopic (exact) mass is 316 g/mol. The van der Waals surface area contributed by atoms with Crippen LogP contribution in [-0.4, -0.2) is 11.6 Å². The van der Waals surface area contributed by atoms with Crippen LogP contribution in [0.2, 0.25) is 5.02 Å². The summed E-state index contributed by atoms with van der Waals surface area (Å²) in [4.78, 5) is 4.22. The number of hydrogen-bond acceptors (Lipinski definition) is 4. The number of benzene rings is 1. The Labute approximate surface area is 126 Å². The number of hydrogen-bond donors (Lipinski definition) is 1. The minimum Gasteiger partial charge on any atom is -0.444 e. The minimum absolute atomic E-state index is 0.0988. The lowest BCUT2D eigenvalue weighted by Gasteiger charge is -2.11. The molecule has 0 radical (unpaired) electrons. The lowest BCUT2D eigenvalue weighted by molar-refractivity contribution is -0.0505. The number of nitrogens with zero attached hydrogens (tertiary/aromatic N) is 1. The second-order valence-electron chi connectivity index (χ2n) is 4.48. The van der Waals surface area contributed by atoms with E-state index in [-0.39, 0.29) is 5.75 Å². The van der Waals surface area contributed by atoms with Gasteiger partial charge in [0.15, 0.2) is 0 Å². The third-order valence-corrected chi connectivity index (χ3v) is 3.14. The molecule has 0 saturated heterocycles. The molecule has 0 fully saturated rings. The Morgan fingerprint density at radius 1 is 1.33 bits per heavy atom. The first kappa shape index (κ1) is 15.7. The molecule has 0 saturated carbocycles. The molecule has 0 aliphatic rings. The zero-order valence-electron chi connectivity index (χ0n) is 11.6. The fraction of sp³-hybridized carbons (Fsp3) is 0.357. The van der Waals surface area contributed by atoms with Gasteiger partial charge in [0.25, 0.3) is 0 Å². The van der Waals surface area contributed by atoms with E-state index in [2.05, 4.69) is 15.0 Å². The van der Waals surface area contributed by atoms with Crippen LogP contribution in [0.3, 0.4) is 0 Å². The van der Waals surface area contributed by atoms with Crippen LogP contribution in [0.1, 0.15) is 22.9 Å². The third-order valence-electron chi connectivity index (χ3n) is 2.90. The van der Waals surface area contributed by atoms with E-state index in [0.29, 0.717) is 29.6 Å². The van der Waals surface area contributed by atoms with E-state index in [1.165, 1.54) is 12.1 Å². The molecule has 0 bridgehead atoms. The zero-order chi connectivity index (χ0) is 15.4. The third kappa shape index (κ3) is 4.41. The molecular weight excluding hydrogens is 302 g/mol. The van der Waals surface area contributed by atoms with E-state index in [1.807, 2.05) is 13.8 Å². The maximum absolute atomic E-state index is 12.3. The van der Waals surface area contributed by atoms with Gasteiger partial charge in [0, 0.05) is 17.1 Å². The van der Waals surface area contributed by atoms with Crippen LogP contribution in [0.15, 0.2) is 22.6 Å². The van der Waals surface area contributed by atoms with Gasteiger partial charge in [0.05, 0.1) is 12.2 Å². The van der Waals surface area contributed by atoms with Crippen LogP contribution in [0.4, 0.5) is 8.78 Å². The van der Waals surface area contributed by atoms with Crippen molar-refractivity contribution in [3.63, 3.8) is 0 Å². The molecule has 0 atom stereocenters. The van der Waals surface area contributed by atoms with E-state index < -0.39 is 6.61 Å². The van der Waals surface area contributed by atoms with Gasteiger partial charge in [0.1, 0.15) is 11.5 Å². The van der Waals surface area contributed by atoms with Crippen molar-refractivity contribution in [1.82, 2.24) is 10.3 Å². The maximum atomic E-state index is 12.3. The van der Waals surface area contributed by atoms with Gasteiger partial charge in [-0.3, -0.25) is 0 Å². The topological polar surface area (TPSA) is 47.3 Å². The lowest BCUT2D eigenvalue weighted by Crippen LogP contribution is -2.14. The normalized spacial score (nSPS) is 11.1. The van der Waals surface area contributed by atoms with Gasteiger partial charge in [-0.15, -0.1) is 0 Å². The molecule has 0 unspecified atom stereocenters. The summed E-state index contributed by atoms with van der Waals surface area (Å²) in [6.07, 6.45) is 0. The van der Waals surface area contributed by atoms with E-state index in [9.17, 15) is 8.78 Å². The van der Waals surface area contributed by atoms with Crippen molar-refractivity contribution in [1.29, 1.82) is 0 Å². The average Bonchev–Trinajstić information content (AvgIpc) is 2.71. The SMILES string of the molecule is Cc1nc(CNCc2cc(Cl)ccc2OC(F)F)oc1C. The number of nitrogens with one attached hydrogen (secondary N) is 1. The highest BCUT2D eigenvalue weighted by Gasteiger charge is 2.11. The van der Waals surface area contributed by atoms with Crippen molar-refractivity contribution in [2.75, 3.05) is 0 Å². The molecule has 1 aromatic carbocycles. The summed E-state index contributed by atoms with van der Waals surface area (Å²) in [5, 5.41) is 3.51. The van der Waals surface area contributed by atoms with Crippen molar-refractivity contribution in [3.05, 3.63) is 46.1 Å². The number of alkyl halides is 2. The minimum atomic E-state index is -2.87. The second-order valence-corrected chi connectivity index (χ2v) is 4.92. The fourth-order valence-electron chi connectivity index (χ4n) is 1.82. The molecule has 0 aliphatic heterocycles. The van der Waals surface area contributed by atoms with E-state index in [0.717, 1.165) is 11.5 Å². The number of halogens is 3. The highest BCUT2D eigenvalue weighted by molar-refractivity contribution is 6.30. The van der Waals surface area contributed by atoms with Crippen LogP contribution in [0.25, 0.3) is 0 Å². The second kappa shape index (κ2) is 6.87. The fourth-order valence-corrected chi connectivity index (χ4v) is 2.01. The summed E-state index contributed by atoms with van der Waals surface area (Å²) in [7, 11) is 0. The molecule has 1 aromatic heterocycles. The Hall–Kier alpha value is -1.66. The van der Waals surface area contributed by atoms with E-state index >= 15 is 0 Å². The Bertz CT molecular complexity index is 598. The standard InChI is InChI=1S/C14H15ClF2N2O2/c1-8-9(2)20-13(19-8)7-18-6-10-5-11(15)3-4-12(10)21-14(16)17/h3-5,14,18H,6-7H2,1-2H3. The number of ether oxygens (including phenoxy) is 1. The molecule has 1 N–H and O–H groups in total. The zero-order valence-corrected chi connectivity index (χ0v) is 12.4. The largest absolute Gasteiger partial charge is 0.444 e. The molecule has 0 spiro atoms. The number of rotatable bonds is 6. The van der Waals surface area contributed by atoms with Crippen LogP contribution >= 0.6 is 11.6 Å². The molecule has 7 heteroatoms. The van der Waals surface area contributed by atoms with Crippen molar-refractivity contribution in [2.24, 2.45) is 0 Å². The van der Waals surface area contributed by atoms with Gasteiger partial charge in [-0.05, 0) is 32.0 Å². The number of aryl methyl sites for hydroxylation is 2. The summed E-state index contributed by atoms with van der Waals surface area (Å²) in [5.74, 6) is 1.40. The molecule has 2 aromatic rings. The molecule has 21 heavy (non-hydrogen) atoms. The van der Waals surface area contributed by atoms with Crippen molar-refractivity contribution in [2.45, 2.75) is 33.5 Å². The average molecular weight is 317 g/mol. The van der Waals surface area contributed by atoms with Gasteiger partial charge in [-0.1, -0.05) is 11.6 Å². The van der Waals surface area contributed by atoms with Crippen LogP contribution < -0.4 is 10.1 Å². The summed E-state index contributed by atoms with van der Waals surface area (Å²) in [5.41, 5.74) is 1.37. The van der Waals surface area contributed by atoms with Crippen molar-refractivity contribution in [3.8, 4) is 5.75 Å². The summed E-state index contributed by atoms with van der Waals surface area (Å²) >= 11 is 5.87. The van der Waals surface area contributed by atoms with Crippen molar-refractivity contribution >= 4 is 11.6 Å². The molecule has 0 aliphatic carbocycles. The van der Waals surface area contributed by atoms with E-state index in [1.54, 1.807) is 6.07 Å². The smallest absolute Gasteiger partial charge is 0.387 e. The number of aromatic nitrogens is 1. The molecule has 4 nitrogen and oxygen atoms in total. The molecule has 2 rings (SSSR count). The van der Waals surface area contributed by atoms with Gasteiger partial charge >= 0.3 is 6.61 Å². The lowest BCUT2D eigenvalue weighted by atomic mass is 10.2. The molecule has 0 amide bonds. The number of oxazole rings is 1. The van der Waals surface area contributed by atoms with Crippen LogP contribution in [0.5, 0.6) is 5.75 Å². The molecule has 114 valence electrons. The Morgan fingerprint density at radius 2 is 2.10 bits per heavy atom. The Kier molecular flexibility index (Phi) is 5.14. The highest BCUT2D eigenvalue weighted by atomic mass is 35.5. The summed E-state index contributed by atoms with van der Waals surface area (Å²) in [6, 6.07) is 4.51. The van der Waals surface area contributed by atoms with Crippen LogP contribution in [0, 0.1) is 13.8 Å². The van der Waals surface area contributed by atoms with Gasteiger partial charge in [-0.2, -0.15) is 8.78 Å². The van der Waals surface area contributed by atoms with Crippen LogP contribution in [-0.2, 0) is 13.1 Å². The first-order chi connectivity index (χ1) is 9.95. The molecular formula is C14H15ClF2N2O2. The Morgan fingerprint density at radius 3 is 2.71 bits per heavy atom. The van der Waals surface area contributed by atoms with Gasteiger partial charge < -0.3 is 14.5 Å². The Balaban J connectivity index is 2.00. The van der Waals surface area contributed by atoms with Crippen molar-refractivity contribution < 1.29 is 17.9 Å². The summed E-state index contributed by atoms with van der Waals surface area (Å²) < 4.78 is 34.5. The van der Waals surface area contributed by atoms with Gasteiger partial charge in [-0.25, -0.2) is 4.98 Å². The first-order valence-electron chi connectivity index (χ1n) is 6.32. The predicted molar refractivity (Wildman–Crippen MR) is 74.6 cm³/mol. The van der Waals surface area contributed by atoms with E-state index in [4.69, 9.17) is 16.0 Å². The van der Waals surface area contributed by atoms with Gasteiger partial charge in [0.2, 0.25) is 5.89 Å². The highest BCUT2D eigenvalue weighted by Crippen LogP contribution is 2.24. The maximum Gasteiger partial charge on any atom is 0.387 e. The quantitative estimate of drug-likeness (QED) is 0.879. The molecule has 1 heterocycles.